The third-order valence-electron chi connectivity index (χ3n) is 3.63. The lowest BCUT2D eigenvalue weighted by Crippen LogP contribution is -2.39. The Morgan fingerprint density at radius 3 is 3.16 bits per heavy atom. The van der Waals surface area contributed by atoms with Gasteiger partial charge in [0.25, 0.3) is 0 Å². The van der Waals surface area contributed by atoms with Crippen molar-refractivity contribution in [2.75, 3.05) is 26.2 Å². The fourth-order valence-electron chi connectivity index (χ4n) is 2.67. The summed E-state index contributed by atoms with van der Waals surface area (Å²) in [5.41, 5.74) is 1.30. The summed E-state index contributed by atoms with van der Waals surface area (Å²) < 4.78 is 11.3. The number of piperidine rings is 1. The van der Waals surface area contributed by atoms with Crippen LogP contribution in [0, 0.1) is 0 Å². The molecule has 1 aliphatic heterocycles. The Labute approximate surface area is 116 Å². The summed E-state index contributed by atoms with van der Waals surface area (Å²) in [5, 5.41) is 3.32. The summed E-state index contributed by atoms with van der Waals surface area (Å²) in [6.45, 7) is 9.97. The second-order valence-corrected chi connectivity index (χ2v) is 5.10. The highest BCUT2D eigenvalue weighted by molar-refractivity contribution is 5.17. The van der Waals surface area contributed by atoms with Crippen LogP contribution in [0.1, 0.15) is 38.0 Å². The molecule has 2 heterocycles. The third-order valence-corrected chi connectivity index (χ3v) is 3.63. The van der Waals surface area contributed by atoms with Gasteiger partial charge in [-0.2, -0.15) is 0 Å². The first-order valence-corrected chi connectivity index (χ1v) is 7.43. The molecule has 0 aromatic carbocycles. The zero-order valence-corrected chi connectivity index (χ0v) is 12.2. The van der Waals surface area contributed by atoms with Crippen LogP contribution in [0.2, 0.25) is 0 Å². The smallest absolute Gasteiger partial charge is 0.122 e. The van der Waals surface area contributed by atoms with E-state index >= 15 is 0 Å². The fraction of sp³-hybridized carbons (Fsp3) is 0.733. The Kier molecular flexibility index (Phi) is 5.89. The normalized spacial score (nSPS) is 20.8. The van der Waals surface area contributed by atoms with Gasteiger partial charge in [0.2, 0.25) is 0 Å². The van der Waals surface area contributed by atoms with Crippen molar-refractivity contribution < 1.29 is 9.15 Å². The maximum atomic E-state index is 5.75. The van der Waals surface area contributed by atoms with Gasteiger partial charge < -0.3 is 14.5 Å². The molecule has 1 unspecified atom stereocenters. The maximum absolute atomic E-state index is 5.75. The molecule has 1 N–H and O–H groups in total. The Balaban J connectivity index is 1.87. The molecule has 4 nitrogen and oxygen atoms in total. The molecule has 0 bridgehead atoms. The highest BCUT2D eigenvalue weighted by Crippen LogP contribution is 2.18. The van der Waals surface area contributed by atoms with Gasteiger partial charge in [0.1, 0.15) is 5.76 Å². The highest BCUT2D eigenvalue weighted by atomic mass is 16.5. The van der Waals surface area contributed by atoms with Gasteiger partial charge in [-0.3, -0.25) is 4.90 Å². The summed E-state index contributed by atoms with van der Waals surface area (Å²) in [5.74, 6) is 1.07. The molecular formula is C15H26N2O2. The molecule has 1 saturated heterocycles. The van der Waals surface area contributed by atoms with E-state index in [0.717, 1.165) is 45.1 Å². The molecule has 108 valence electrons. The van der Waals surface area contributed by atoms with E-state index in [0.29, 0.717) is 6.10 Å². The van der Waals surface area contributed by atoms with Crippen LogP contribution in [0.15, 0.2) is 16.7 Å². The minimum absolute atomic E-state index is 0.405. The van der Waals surface area contributed by atoms with Crippen molar-refractivity contribution in [3.8, 4) is 0 Å². The van der Waals surface area contributed by atoms with E-state index < -0.39 is 0 Å². The number of likely N-dealkylation sites (tertiary alicyclic amines) is 1. The number of nitrogens with zero attached hydrogens (tertiary/aromatic N) is 1. The van der Waals surface area contributed by atoms with Crippen molar-refractivity contribution in [3.63, 3.8) is 0 Å². The van der Waals surface area contributed by atoms with E-state index in [1.807, 2.05) is 0 Å². The first-order chi connectivity index (χ1) is 9.33. The van der Waals surface area contributed by atoms with Gasteiger partial charge in [-0.15, -0.1) is 0 Å². The molecule has 2 rings (SSSR count). The zero-order valence-electron chi connectivity index (χ0n) is 12.2. The molecule has 1 atom stereocenters. The summed E-state index contributed by atoms with van der Waals surface area (Å²) >= 11 is 0. The molecule has 0 spiro atoms. The van der Waals surface area contributed by atoms with Crippen LogP contribution in [-0.2, 0) is 17.8 Å². The Bertz CT molecular complexity index is 363. The quantitative estimate of drug-likeness (QED) is 0.822. The largest absolute Gasteiger partial charge is 0.468 e. The topological polar surface area (TPSA) is 37.6 Å². The molecule has 0 radical (unpaired) electrons. The Hall–Kier alpha value is -0.840. The lowest BCUT2D eigenvalue weighted by molar-refractivity contribution is 0.00349. The minimum Gasteiger partial charge on any atom is -0.468 e. The van der Waals surface area contributed by atoms with Crippen LogP contribution < -0.4 is 5.32 Å². The summed E-state index contributed by atoms with van der Waals surface area (Å²) in [6.07, 6.45) is 4.62. The van der Waals surface area contributed by atoms with E-state index in [-0.39, 0.29) is 0 Å². The van der Waals surface area contributed by atoms with Crippen LogP contribution in [0.25, 0.3) is 0 Å². The van der Waals surface area contributed by atoms with Crippen molar-refractivity contribution >= 4 is 0 Å². The molecule has 1 fully saturated rings. The zero-order chi connectivity index (χ0) is 13.5. The molecule has 0 saturated carbocycles. The summed E-state index contributed by atoms with van der Waals surface area (Å²) in [4.78, 5) is 2.48. The summed E-state index contributed by atoms with van der Waals surface area (Å²) in [6, 6.07) is 2.09. The molecule has 4 heteroatoms. The molecular weight excluding hydrogens is 240 g/mol. The number of ether oxygens (including phenoxy) is 1. The van der Waals surface area contributed by atoms with Gasteiger partial charge in [0, 0.05) is 25.3 Å². The summed E-state index contributed by atoms with van der Waals surface area (Å²) in [7, 11) is 0. The van der Waals surface area contributed by atoms with Crippen LogP contribution in [-0.4, -0.2) is 37.2 Å². The first kappa shape index (κ1) is 14.6. The van der Waals surface area contributed by atoms with Gasteiger partial charge in [-0.25, -0.2) is 0 Å². The number of hydrogen-bond acceptors (Lipinski definition) is 4. The lowest BCUT2D eigenvalue weighted by atomic mass is 10.1. The minimum atomic E-state index is 0.405. The molecule has 1 aliphatic rings. The number of hydrogen-bond donors (Lipinski definition) is 1. The monoisotopic (exact) mass is 266 g/mol. The van der Waals surface area contributed by atoms with Gasteiger partial charge in [-0.05, 0) is 38.9 Å². The molecule has 1 aromatic rings. The predicted octanol–water partition coefficient (Wildman–Crippen LogP) is 2.39. The van der Waals surface area contributed by atoms with Crippen LogP contribution in [0.5, 0.6) is 0 Å². The van der Waals surface area contributed by atoms with E-state index in [9.17, 15) is 0 Å². The van der Waals surface area contributed by atoms with Crippen molar-refractivity contribution in [2.24, 2.45) is 0 Å². The van der Waals surface area contributed by atoms with E-state index in [4.69, 9.17) is 9.15 Å². The Morgan fingerprint density at radius 2 is 2.37 bits per heavy atom. The lowest BCUT2D eigenvalue weighted by Gasteiger charge is -2.32. The number of nitrogens with one attached hydrogen (secondary N) is 1. The van der Waals surface area contributed by atoms with Crippen molar-refractivity contribution in [3.05, 3.63) is 23.7 Å². The van der Waals surface area contributed by atoms with E-state index in [1.165, 1.54) is 18.4 Å². The van der Waals surface area contributed by atoms with Gasteiger partial charge in [0.05, 0.1) is 18.9 Å². The van der Waals surface area contributed by atoms with Gasteiger partial charge in [0.15, 0.2) is 0 Å². The van der Waals surface area contributed by atoms with Crippen LogP contribution in [0.4, 0.5) is 0 Å². The van der Waals surface area contributed by atoms with Crippen molar-refractivity contribution in [2.45, 2.75) is 45.9 Å². The van der Waals surface area contributed by atoms with Crippen molar-refractivity contribution in [1.29, 1.82) is 0 Å². The van der Waals surface area contributed by atoms with E-state index in [2.05, 4.69) is 30.1 Å². The Morgan fingerprint density at radius 1 is 1.47 bits per heavy atom. The second-order valence-electron chi connectivity index (χ2n) is 5.10. The van der Waals surface area contributed by atoms with Crippen LogP contribution >= 0.6 is 0 Å². The molecule has 1 aromatic heterocycles. The average molecular weight is 266 g/mol. The van der Waals surface area contributed by atoms with E-state index in [1.54, 1.807) is 6.26 Å². The maximum Gasteiger partial charge on any atom is 0.122 e. The van der Waals surface area contributed by atoms with Gasteiger partial charge in [-0.1, -0.05) is 6.92 Å². The first-order valence-electron chi connectivity index (χ1n) is 7.43. The third kappa shape index (κ3) is 4.34. The standard InChI is InChI=1S/C15H26N2O2/c1-3-16-10-15-13(7-9-19-15)11-17-8-5-6-14(12-17)18-4-2/h7,9,14,16H,3-6,8,10-12H2,1-2H3. The molecule has 19 heavy (non-hydrogen) atoms. The fourth-order valence-corrected chi connectivity index (χ4v) is 2.67. The SMILES string of the molecule is CCNCc1occc1CN1CCCC(OCC)C1. The second kappa shape index (κ2) is 7.68. The number of rotatable bonds is 7. The average Bonchev–Trinajstić information content (AvgIpc) is 2.84. The number of furan rings is 1. The van der Waals surface area contributed by atoms with Gasteiger partial charge >= 0.3 is 0 Å². The van der Waals surface area contributed by atoms with Crippen LogP contribution in [0.3, 0.4) is 0 Å². The molecule has 0 aliphatic carbocycles. The molecule has 0 amide bonds. The highest BCUT2D eigenvalue weighted by Gasteiger charge is 2.21. The van der Waals surface area contributed by atoms with Crippen molar-refractivity contribution in [1.82, 2.24) is 10.2 Å². The predicted molar refractivity (Wildman–Crippen MR) is 76.0 cm³/mol.